The van der Waals surface area contributed by atoms with Gasteiger partial charge in [0.2, 0.25) is 11.7 Å². The lowest BCUT2D eigenvalue weighted by atomic mass is 10.0. The van der Waals surface area contributed by atoms with Gasteiger partial charge in [-0.2, -0.15) is 0 Å². The summed E-state index contributed by atoms with van der Waals surface area (Å²) in [5, 5.41) is 12.1. The molecule has 1 atom stereocenters. The number of benzene rings is 3. The fraction of sp³-hybridized carbons (Fsp3) is 0.192. The molecule has 1 aromatic heterocycles. The first-order chi connectivity index (χ1) is 17.3. The number of hydrogen-bond acceptors (Lipinski definition) is 7. The van der Waals surface area contributed by atoms with E-state index in [9.17, 15) is 14.7 Å². The van der Waals surface area contributed by atoms with Crippen molar-refractivity contribution < 1.29 is 28.9 Å². The van der Waals surface area contributed by atoms with Crippen LogP contribution in [0.2, 0.25) is 0 Å². The number of carboxylic acid groups (broad SMARTS) is 1. The average molecular weight is 491 g/mol. The van der Waals surface area contributed by atoms with Crippen LogP contribution in [0.15, 0.2) is 60.7 Å². The molecule has 0 fully saturated rings. The molecule has 0 unspecified atom stereocenters. The molecule has 0 aliphatic rings. The van der Waals surface area contributed by atoms with Gasteiger partial charge >= 0.3 is 5.97 Å². The van der Waals surface area contributed by atoms with Gasteiger partial charge in [0, 0.05) is 12.6 Å². The van der Waals surface area contributed by atoms with Gasteiger partial charge < -0.3 is 34.9 Å². The number of carbonyl (C=O) groups excluding carboxylic acids is 1. The number of fused-ring (bicyclic) bond motifs is 1. The molecule has 10 nitrogen and oxygen atoms in total. The zero-order chi connectivity index (χ0) is 25.8. The molecule has 1 heterocycles. The third-order valence-corrected chi connectivity index (χ3v) is 5.73. The van der Waals surface area contributed by atoms with Crippen molar-refractivity contribution in [2.75, 3.05) is 20.0 Å². The highest BCUT2D eigenvalue weighted by Crippen LogP contribution is 2.43. The normalized spacial score (nSPS) is 11.6. The van der Waals surface area contributed by atoms with Crippen LogP contribution in [0.3, 0.4) is 0 Å². The SMILES string of the molecule is COc1cc(C(=O)N[C@@H](CC(=O)O)c2ccccc2)cc(OC)c1Oc1cccc2c1nc(N)n2C. The van der Waals surface area contributed by atoms with Crippen molar-refractivity contribution in [2.45, 2.75) is 12.5 Å². The maximum Gasteiger partial charge on any atom is 0.305 e. The topological polar surface area (TPSA) is 138 Å². The quantitative estimate of drug-likeness (QED) is 0.321. The number of methoxy groups -OCH3 is 2. The van der Waals surface area contributed by atoms with Gasteiger partial charge in [-0.3, -0.25) is 9.59 Å². The number of carboxylic acids is 1. The summed E-state index contributed by atoms with van der Waals surface area (Å²) in [5.74, 6) is -0.0241. The van der Waals surface area contributed by atoms with Crippen LogP contribution in [-0.4, -0.2) is 40.8 Å². The van der Waals surface area contributed by atoms with Gasteiger partial charge in [0.15, 0.2) is 17.2 Å². The summed E-state index contributed by atoms with van der Waals surface area (Å²) in [4.78, 5) is 28.9. The molecule has 0 saturated carbocycles. The minimum Gasteiger partial charge on any atom is -0.493 e. The standard InChI is InChI=1S/C26H26N4O6/c1-30-18-10-7-11-19(23(18)29-26(30)27)36-24-20(34-2)12-16(13-21(24)35-3)25(33)28-17(14-22(31)32)15-8-5-4-6-9-15/h4-13,17H,14H2,1-3H3,(H2,27,29)(H,28,33)(H,31,32)/t17-/m0/s1. The monoisotopic (exact) mass is 490 g/mol. The third-order valence-electron chi connectivity index (χ3n) is 5.73. The van der Waals surface area contributed by atoms with E-state index in [-0.39, 0.29) is 29.2 Å². The molecular weight excluding hydrogens is 464 g/mol. The lowest BCUT2D eigenvalue weighted by molar-refractivity contribution is -0.137. The first-order valence-corrected chi connectivity index (χ1v) is 11.0. The molecule has 0 aliphatic heterocycles. The maximum atomic E-state index is 13.1. The number of ether oxygens (including phenoxy) is 3. The molecule has 4 N–H and O–H groups in total. The number of imidazole rings is 1. The Morgan fingerprint density at radius 1 is 1.03 bits per heavy atom. The molecule has 0 bridgehead atoms. The lowest BCUT2D eigenvalue weighted by Crippen LogP contribution is -2.30. The van der Waals surface area contributed by atoms with Crippen molar-refractivity contribution in [1.29, 1.82) is 0 Å². The van der Waals surface area contributed by atoms with Gasteiger partial charge in [-0.25, -0.2) is 4.98 Å². The number of nitrogens with one attached hydrogen (secondary N) is 1. The van der Waals surface area contributed by atoms with Crippen LogP contribution in [0, 0.1) is 0 Å². The number of anilines is 1. The fourth-order valence-corrected chi connectivity index (χ4v) is 3.86. The molecule has 4 rings (SSSR count). The Bertz CT molecular complexity index is 1390. The maximum absolute atomic E-state index is 13.1. The van der Waals surface area contributed by atoms with E-state index in [0.717, 1.165) is 5.52 Å². The van der Waals surface area contributed by atoms with Gasteiger partial charge in [0.05, 0.1) is 32.2 Å². The van der Waals surface area contributed by atoms with Crippen molar-refractivity contribution >= 4 is 28.9 Å². The van der Waals surface area contributed by atoms with Gasteiger partial charge in [-0.15, -0.1) is 0 Å². The molecule has 36 heavy (non-hydrogen) atoms. The summed E-state index contributed by atoms with van der Waals surface area (Å²) in [7, 11) is 4.69. The smallest absolute Gasteiger partial charge is 0.305 e. The Balaban J connectivity index is 1.68. The van der Waals surface area contributed by atoms with Crippen LogP contribution in [0.4, 0.5) is 5.95 Å². The van der Waals surface area contributed by atoms with E-state index in [1.165, 1.54) is 26.4 Å². The Kier molecular flexibility index (Phi) is 6.95. The number of rotatable bonds is 9. The third kappa shape index (κ3) is 4.88. The molecule has 0 saturated heterocycles. The zero-order valence-electron chi connectivity index (χ0n) is 20.0. The fourth-order valence-electron chi connectivity index (χ4n) is 3.86. The Labute approximate surface area is 207 Å². The Hall–Kier alpha value is -4.73. The number of aromatic nitrogens is 2. The highest BCUT2D eigenvalue weighted by Gasteiger charge is 2.23. The highest BCUT2D eigenvalue weighted by atomic mass is 16.5. The minimum atomic E-state index is -1.03. The molecule has 0 radical (unpaired) electrons. The molecule has 10 heteroatoms. The van der Waals surface area contributed by atoms with E-state index in [0.29, 0.717) is 22.8 Å². The molecule has 1 amide bonds. The van der Waals surface area contributed by atoms with Crippen LogP contribution in [-0.2, 0) is 11.8 Å². The lowest BCUT2D eigenvalue weighted by Gasteiger charge is -2.19. The van der Waals surface area contributed by atoms with E-state index in [2.05, 4.69) is 10.3 Å². The van der Waals surface area contributed by atoms with Crippen molar-refractivity contribution in [1.82, 2.24) is 14.9 Å². The van der Waals surface area contributed by atoms with Crippen molar-refractivity contribution in [3.05, 3.63) is 71.8 Å². The Morgan fingerprint density at radius 2 is 1.69 bits per heavy atom. The molecule has 0 spiro atoms. The molecule has 3 aromatic carbocycles. The summed E-state index contributed by atoms with van der Waals surface area (Å²) in [6.45, 7) is 0. The largest absolute Gasteiger partial charge is 0.493 e. The summed E-state index contributed by atoms with van der Waals surface area (Å²) < 4.78 is 18.9. The highest BCUT2D eigenvalue weighted by molar-refractivity contribution is 5.96. The second-order valence-corrected chi connectivity index (χ2v) is 8.00. The van der Waals surface area contributed by atoms with Gasteiger partial charge in [-0.05, 0) is 29.8 Å². The van der Waals surface area contributed by atoms with Crippen molar-refractivity contribution in [2.24, 2.45) is 7.05 Å². The first kappa shape index (κ1) is 24.4. The van der Waals surface area contributed by atoms with Gasteiger partial charge in [-0.1, -0.05) is 36.4 Å². The van der Waals surface area contributed by atoms with Crippen LogP contribution >= 0.6 is 0 Å². The number of hydrogen-bond donors (Lipinski definition) is 3. The molecular formula is C26H26N4O6. The first-order valence-electron chi connectivity index (χ1n) is 11.0. The molecule has 0 aliphatic carbocycles. The summed E-state index contributed by atoms with van der Waals surface area (Å²) in [6.07, 6.45) is -0.275. The van der Waals surface area contributed by atoms with E-state index < -0.39 is 17.9 Å². The number of amides is 1. The summed E-state index contributed by atoms with van der Waals surface area (Å²) in [6, 6.07) is 16.6. The van der Waals surface area contributed by atoms with Crippen LogP contribution < -0.4 is 25.3 Å². The number of aryl methyl sites for hydroxylation is 1. The summed E-state index contributed by atoms with van der Waals surface area (Å²) in [5.41, 5.74) is 8.18. The average Bonchev–Trinajstić information content (AvgIpc) is 3.18. The van der Waals surface area contributed by atoms with E-state index >= 15 is 0 Å². The summed E-state index contributed by atoms with van der Waals surface area (Å²) >= 11 is 0. The van der Waals surface area contributed by atoms with E-state index in [1.54, 1.807) is 41.9 Å². The number of carbonyl (C=O) groups is 2. The number of aliphatic carboxylic acids is 1. The van der Waals surface area contributed by atoms with Gasteiger partial charge in [0.25, 0.3) is 5.91 Å². The van der Waals surface area contributed by atoms with Crippen LogP contribution in [0.25, 0.3) is 11.0 Å². The molecule has 186 valence electrons. The molecule has 4 aromatic rings. The van der Waals surface area contributed by atoms with E-state index in [1.807, 2.05) is 18.2 Å². The van der Waals surface area contributed by atoms with Crippen LogP contribution in [0.1, 0.15) is 28.4 Å². The van der Waals surface area contributed by atoms with E-state index in [4.69, 9.17) is 19.9 Å². The number of nitrogens with two attached hydrogens (primary N) is 1. The van der Waals surface area contributed by atoms with Crippen molar-refractivity contribution in [3.63, 3.8) is 0 Å². The van der Waals surface area contributed by atoms with Crippen molar-refractivity contribution in [3.8, 4) is 23.0 Å². The predicted molar refractivity (Wildman–Crippen MR) is 134 cm³/mol. The van der Waals surface area contributed by atoms with Gasteiger partial charge in [0.1, 0.15) is 5.52 Å². The predicted octanol–water partition coefficient (Wildman–Crippen LogP) is 3.91. The zero-order valence-corrected chi connectivity index (χ0v) is 20.0. The minimum absolute atomic E-state index is 0.211. The van der Waals surface area contributed by atoms with Crippen LogP contribution in [0.5, 0.6) is 23.0 Å². The second-order valence-electron chi connectivity index (χ2n) is 8.00. The Morgan fingerprint density at radius 3 is 2.31 bits per heavy atom. The number of para-hydroxylation sites is 1. The second kappa shape index (κ2) is 10.3. The number of nitrogens with zero attached hydrogens (tertiary/aromatic N) is 2. The number of nitrogen functional groups attached to an aromatic ring is 1.